The minimum atomic E-state index is -0.631. The Morgan fingerprint density at radius 1 is 0.960 bits per heavy atom. The third-order valence-corrected chi connectivity index (χ3v) is 3.15. The molecule has 0 aliphatic heterocycles. The van der Waals surface area contributed by atoms with Gasteiger partial charge in [-0.3, -0.25) is 0 Å². The first kappa shape index (κ1) is 16.7. The summed E-state index contributed by atoms with van der Waals surface area (Å²) >= 11 is 0. The van der Waals surface area contributed by atoms with Crippen molar-refractivity contribution in [2.75, 3.05) is 10.6 Å². The summed E-state index contributed by atoms with van der Waals surface area (Å²) in [6, 6.07) is 9.06. The van der Waals surface area contributed by atoms with Gasteiger partial charge in [0.25, 0.3) is 0 Å². The molecule has 1 aromatic carbocycles. The monoisotopic (exact) mass is 342 g/mol. The van der Waals surface area contributed by atoms with Crippen molar-refractivity contribution in [2.24, 2.45) is 0 Å². The molecule has 3 rings (SSSR count). The molecule has 3 aromatic rings. The number of pyridine rings is 1. The van der Waals surface area contributed by atoms with Crippen molar-refractivity contribution in [2.45, 2.75) is 19.9 Å². The van der Waals surface area contributed by atoms with E-state index in [0.29, 0.717) is 11.6 Å². The van der Waals surface area contributed by atoms with Crippen LogP contribution in [0.1, 0.15) is 13.8 Å². The van der Waals surface area contributed by atoms with E-state index in [1.54, 1.807) is 24.3 Å². The van der Waals surface area contributed by atoms with Crippen LogP contribution in [0.4, 0.5) is 26.4 Å². The normalized spacial score (nSPS) is 10.8. The van der Waals surface area contributed by atoms with Crippen LogP contribution in [-0.2, 0) is 0 Å². The van der Waals surface area contributed by atoms with Crippen LogP contribution < -0.4 is 10.6 Å². The van der Waals surface area contributed by atoms with E-state index in [-0.39, 0.29) is 23.4 Å². The van der Waals surface area contributed by atoms with Gasteiger partial charge in [-0.2, -0.15) is 19.3 Å². The number of rotatable bonds is 5. The lowest BCUT2D eigenvalue weighted by molar-refractivity contribution is 0.584. The van der Waals surface area contributed by atoms with Crippen molar-refractivity contribution in [3.8, 4) is 11.4 Å². The fourth-order valence-electron chi connectivity index (χ4n) is 2.13. The zero-order valence-electron chi connectivity index (χ0n) is 13.7. The van der Waals surface area contributed by atoms with E-state index in [9.17, 15) is 8.78 Å². The number of benzene rings is 1. The molecule has 0 saturated heterocycles. The summed E-state index contributed by atoms with van der Waals surface area (Å²) in [5.74, 6) is -0.436. The van der Waals surface area contributed by atoms with Crippen LogP contribution in [-0.4, -0.2) is 26.0 Å². The van der Waals surface area contributed by atoms with Gasteiger partial charge in [-0.1, -0.05) is 12.1 Å². The quantitative estimate of drug-likeness (QED) is 0.687. The van der Waals surface area contributed by atoms with Gasteiger partial charge in [0.05, 0.1) is 5.56 Å². The first-order valence-corrected chi connectivity index (χ1v) is 7.67. The molecule has 0 aliphatic rings. The molecule has 8 heteroatoms. The Balaban J connectivity index is 2.02. The molecule has 25 heavy (non-hydrogen) atoms. The van der Waals surface area contributed by atoms with Gasteiger partial charge >= 0.3 is 0 Å². The topological polar surface area (TPSA) is 75.6 Å². The lowest BCUT2D eigenvalue weighted by Gasteiger charge is -2.12. The van der Waals surface area contributed by atoms with Gasteiger partial charge in [-0.15, -0.1) is 0 Å². The third kappa shape index (κ3) is 4.23. The average molecular weight is 342 g/mol. The Hall–Kier alpha value is -3.16. The van der Waals surface area contributed by atoms with E-state index in [1.165, 1.54) is 18.3 Å². The molecule has 0 amide bonds. The minimum absolute atomic E-state index is 0.0714. The summed E-state index contributed by atoms with van der Waals surface area (Å²) < 4.78 is 27.3. The zero-order chi connectivity index (χ0) is 17.8. The molecule has 0 aliphatic carbocycles. The fourth-order valence-corrected chi connectivity index (χ4v) is 2.13. The standard InChI is InChI=1S/C17H16F2N6/c1-10(2)21-16-23-15(12-5-3-4-6-13(12)18)24-17(25-16)22-11-7-8-20-14(19)9-11/h3-10H,1-2H3,(H2,20,21,22,23,24,25). The van der Waals surface area contributed by atoms with Crippen LogP contribution in [0.15, 0.2) is 42.6 Å². The predicted octanol–water partition coefficient (Wildman–Crippen LogP) is 3.78. The van der Waals surface area contributed by atoms with Crippen LogP contribution >= 0.6 is 0 Å². The molecule has 0 spiro atoms. The van der Waals surface area contributed by atoms with Gasteiger partial charge in [-0.05, 0) is 32.0 Å². The summed E-state index contributed by atoms with van der Waals surface area (Å²) in [4.78, 5) is 16.2. The molecule has 0 unspecified atom stereocenters. The second-order valence-electron chi connectivity index (χ2n) is 5.58. The van der Waals surface area contributed by atoms with Crippen LogP contribution in [0.25, 0.3) is 11.4 Å². The highest BCUT2D eigenvalue weighted by molar-refractivity contribution is 5.61. The molecule has 2 heterocycles. The molecule has 128 valence electrons. The molecular formula is C17H16F2N6. The van der Waals surface area contributed by atoms with Crippen LogP contribution in [0.3, 0.4) is 0 Å². The number of hydrogen-bond acceptors (Lipinski definition) is 6. The lowest BCUT2D eigenvalue weighted by Crippen LogP contribution is -2.14. The molecule has 0 saturated carbocycles. The van der Waals surface area contributed by atoms with Crippen molar-refractivity contribution in [1.82, 2.24) is 19.9 Å². The number of halogens is 2. The van der Waals surface area contributed by atoms with Gasteiger partial charge in [0.15, 0.2) is 5.82 Å². The van der Waals surface area contributed by atoms with Crippen molar-refractivity contribution < 1.29 is 8.78 Å². The maximum absolute atomic E-state index is 14.1. The van der Waals surface area contributed by atoms with Crippen molar-refractivity contribution in [1.29, 1.82) is 0 Å². The summed E-state index contributed by atoms with van der Waals surface area (Å²) in [7, 11) is 0. The Morgan fingerprint density at radius 3 is 2.44 bits per heavy atom. The smallest absolute Gasteiger partial charge is 0.232 e. The Labute approximate surface area is 143 Å². The highest BCUT2D eigenvalue weighted by Gasteiger charge is 2.13. The SMILES string of the molecule is CC(C)Nc1nc(Nc2ccnc(F)c2)nc(-c2ccccc2F)n1. The van der Waals surface area contributed by atoms with Crippen molar-refractivity contribution in [3.63, 3.8) is 0 Å². The Bertz CT molecular complexity index is 885. The van der Waals surface area contributed by atoms with Gasteiger partial charge < -0.3 is 10.6 Å². The molecule has 0 atom stereocenters. The summed E-state index contributed by atoms with van der Waals surface area (Å²) in [5, 5.41) is 5.94. The molecule has 6 nitrogen and oxygen atoms in total. The van der Waals surface area contributed by atoms with E-state index < -0.39 is 11.8 Å². The summed E-state index contributed by atoms with van der Waals surface area (Å²) in [5.41, 5.74) is 0.675. The number of nitrogens with zero attached hydrogens (tertiary/aromatic N) is 4. The molecule has 2 N–H and O–H groups in total. The van der Waals surface area contributed by atoms with E-state index >= 15 is 0 Å². The van der Waals surface area contributed by atoms with Crippen LogP contribution in [0.2, 0.25) is 0 Å². The van der Waals surface area contributed by atoms with Gasteiger partial charge in [0, 0.05) is 24.0 Å². The number of hydrogen-bond donors (Lipinski definition) is 2. The van der Waals surface area contributed by atoms with Crippen molar-refractivity contribution in [3.05, 3.63) is 54.4 Å². The third-order valence-electron chi connectivity index (χ3n) is 3.15. The fraction of sp³-hybridized carbons (Fsp3) is 0.176. The zero-order valence-corrected chi connectivity index (χ0v) is 13.7. The van der Waals surface area contributed by atoms with Crippen LogP contribution in [0.5, 0.6) is 0 Å². The summed E-state index contributed by atoms with van der Waals surface area (Å²) in [6.45, 7) is 3.86. The Morgan fingerprint density at radius 2 is 1.72 bits per heavy atom. The van der Waals surface area contributed by atoms with E-state index in [2.05, 4.69) is 30.6 Å². The maximum Gasteiger partial charge on any atom is 0.232 e. The second kappa shape index (κ2) is 7.16. The largest absolute Gasteiger partial charge is 0.352 e. The van der Waals surface area contributed by atoms with E-state index in [1.807, 2.05) is 13.8 Å². The first-order chi connectivity index (χ1) is 12.0. The molecule has 0 bridgehead atoms. The second-order valence-corrected chi connectivity index (χ2v) is 5.58. The lowest BCUT2D eigenvalue weighted by atomic mass is 10.2. The molecule has 0 fully saturated rings. The molecule has 2 aromatic heterocycles. The highest BCUT2D eigenvalue weighted by atomic mass is 19.1. The van der Waals surface area contributed by atoms with E-state index in [4.69, 9.17) is 0 Å². The number of nitrogens with one attached hydrogen (secondary N) is 2. The van der Waals surface area contributed by atoms with Crippen molar-refractivity contribution >= 4 is 17.6 Å². The number of anilines is 3. The first-order valence-electron chi connectivity index (χ1n) is 7.67. The van der Waals surface area contributed by atoms with Gasteiger partial charge in [0.2, 0.25) is 17.8 Å². The molecule has 0 radical (unpaired) electrons. The Kier molecular flexibility index (Phi) is 4.78. The average Bonchev–Trinajstić information content (AvgIpc) is 2.54. The number of aromatic nitrogens is 4. The minimum Gasteiger partial charge on any atom is -0.352 e. The molecular weight excluding hydrogens is 326 g/mol. The van der Waals surface area contributed by atoms with E-state index in [0.717, 1.165) is 0 Å². The highest BCUT2D eigenvalue weighted by Crippen LogP contribution is 2.22. The summed E-state index contributed by atoms with van der Waals surface area (Å²) in [6.07, 6.45) is 1.32. The van der Waals surface area contributed by atoms with Gasteiger partial charge in [0.1, 0.15) is 5.82 Å². The van der Waals surface area contributed by atoms with Gasteiger partial charge in [-0.25, -0.2) is 9.37 Å². The predicted molar refractivity (Wildman–Crippen MR) is 91.5 cm³/mol. The maximum atomic E-state index is 14.1. The van der Waals surface area contributed by atoms with Crippen LogP contribution in [0, 0.1) is 11.8 Å².